The van der Waals surface area contributed by atoms with Crippen molar-refractivity contribution in [3.05, 3.63) is 59.1 Å². The van der Waals surface area contributed by atoms with Gasteiger partial charge < -0.3 is 5.11 Å². The minimum atomic E-state index is 0.0357. The lowest BCUT2D eigenvalue weighted by atomic mass is 9.86. The molecule has 0 spiro atoms. The quantitative estimate of drug-likeness (QED) is 0.815. The highest BCUT2D eigenvalue weighted by atomic mass is 35.5. The fraction of sp³-hybridized carbons (Fsp3) is 0.350. The van der Waals surface area contributed by atoms with E-state index in [0.29, 0.717) is 5.02 Å². The van der Waals surface area contributed by atoms with Gasteiger partial charge in [-0.3, -0.25) is 4.79 Å². The number of Topliss-reactive ketones (excluding diaryl/α,β-unsaturated/α-hetero) is 1. The van der Waals surface area contributed by atoms with Crippen molar-refractivity contribution in [2.24, 2.45) is 17.8 Å². The van der Waals surface area contributed by atoms with Crippen LogP contribution in [-0.2, 0) is 0 Å². The molecule has 1 N–H and O–H groups in total. The van der Waals surface area contributed by atoms with Gasteiger partial charge in [-0.1, -0.05) is 54.9 Å². The smallest absolute Gasteiger partial charge is 0.166 e. The summed E-state index contributed by atoms with van der Waals surface area (Å²) in [6, 6.07) is 15.5. The van der Waals surface area contributed by atoms with Crippen molar-refractivity contribution in [1.82, 2.24) is 0 Å². The molecule has 2 aromatic rings. The molecule has 0 aliphatic heterocycles. The van der Waals surface area contributed by atoms with E-state index in [2.05, 4.69) is 6.92 Å². The van der Waals surface area contributed by atoms with E-state index in [1.165, 1.54) is 0 Å². The lowest BCUT2D eigenvalue weighted by Crippen LogP contribution is -2.21. The predicted molar refractivity (Wildman–Crippen MR) is 93.7 cm³/mol. The van der Waals surface area contributed by atoms with Crippen LogP contribution in [0.3, 0.4) is 0 Å². The van der Waals surface area contributed by atoms with Crippen molar-refractivity contribution in [1.29, 1.82) is 0 Å². The predicted octanol–water partition coefficient (Wildman–Crippen LogP) is 4.84. The molecule has 2 aromatic carbocycles. The van der Waals surface area contributed by atoms with Gasteiger partial charge in [0.05, 0.1) is 0 Å². The van der Waals surface area contributed by atoms with Gasteiger partial charge in [0.2, 0.25) is 0 Å². The van der Waals surface area contributed by atoms with Gasteiger partial charge >= 0.3 is 0 Å². The number of rotatable bonds is 4. The van der Waals surface area contributed by atoms with Crippen molar-refractivity contribution < 1.29 is 9.90 Å². The van der Waals surface area contributed by atoms with Crippen LogP contribution in [-0.4, -0.2) is 17.5 Å². The molecule has 0 aromatic heterocycles. The summed E-state index contributed by atoms with van der Waals surface area (Å²) in [5.74, 6) is 0.755. The van der Waals surface area contributed by atoms with Crippen molar-refractivity contribution >= 4 is 17.4 Å². The summed E-state index contributed by atoms with van der Waals surface area (Å²) in [7, 11) is 0. The largest absolute Gasteiger partial charge is 0.396 e. The molecule has 3 heteroatoms. The van der Waals surface area contributed by atoms with Crippen LogP contribution in [0.4, 0.5) is 0 Å². The zero-order valence-corrected chi connectivity index (χ0v) is 14.0. The van der Waals surface area contributed by atoms with Crippen LogP contribution in [0.2, 0.25) is 5.02 Å². The maximum Gasteiger partial charge on any atom is 0.166 e. The summed E-state index contributed by atoms with van der Waals surface area (Å²) in [5.41, 5.74) is 2.92. The molecule has 0 heterocycles. The van der Waals surface area contributed by atoms with Gasteiger partial charge in [0.25, 0.3) is 0 Å². The summed E-state index contributed by atoms with van der Waals surface area (Å²) in [6.07, 6.45) is 1.82. The highest BCUT2D eigenvalue weighted by Gasteiger charge is 2.36. The molecule has 23 heavy (non-hydrogen) atoms. The third-order valence-electron chi connectivity index (χ3n) is 5.14. The fourth-order valence-electron chi connectivity index (χ4n) is 3.56. The summed E-state index contributed by atoms with van der Waals surface area (Å²) in [4.78, 5) is 12.7. The minimum absolute atomic E-state index is 0.0357. The van der Waals surface area contributed by atoms with E-state index in [1.807, 2.05) is 48.5 Å². The van der Waals surface area contributed by atoms with E-state index >= 15 is 0 Å². The standard InChI is InChI=1S/C20H21ClO2/c1-13-17(12-22)8-11-19(13)20(23)16-4-2-14(3-5-16)15-6-9-18(21)10-7-15/h2-7,9-10,13,17,19,22H,8,11-12H2,1H3. The molecule has 0 saturated heterocycles. The first-order valence-corrected chi connectivity index (χ1v) is 8.49. The first kappa shape index (κ1) is 16.2. The molecule has 1 aliphatic carbocycles. The third kappa shape index (κ3) is 3.34. The van der Waals surface area contributed by atoms with Crippen LogP contribution in [0.5, 0.6) is 0 Å². The van der Waals surface area contributed by atoms with Crippen molar-refractivity contribution in [2.45, 2.75) is 19.8 Å². The summed E-state index contributed by atoms with van der Waals surface area (Å²) >= 11 is 5.91. The number of benzene rings is 2. The minimum Gasteiger partial charge on any atom is -0.396 e. The Hall–Kier alpha value is -1.64. The molecule has 1 saturated carbocycles. The molecule has 2 nitrogen and oxygen atoms in total. The zero-order valence-electron chi connectivity index (χ0n) is 13.2. The Morgan fingerprint density at radius 3 is 2.13 bits per heavy atom. The van der Waals surface area contributed by atoms with Gasteiger partial charge in [-0.25, -0.2) is 0 Å². The number of aliphatic hydroxyl groups excluding tert-OH is 1. The van der Waals surface area contributed by atoms with E-state index in [4.69, 9.17) is 11.6 Å². The topological polar surface area (TPSA) is 37.3 Å². The average molecular weight is 329 g/mol. The normalized spacial score (nSPS) is 23.9. The summed E-state index contributed by atoms with van der Waals surface area (Å²) in [6.45, 7) is 2.26. The van der Waals surface area contributed by atoms with Crippen LogP contribution in [0, 0.1) is 17.8 Å². The van der Waals surface area contributed by atoms with E-state index in [0.717, 1.165) is 29.5 Å². The molecule has 3 rings (SSSR count). The maximum absolute atomic E-state index is 12.7. The number of hydrogen-bond donors (Lipinski definition) is 1. The Labute approximate surface area is 142 Å². The molecule has 3 atom stereocenters. The molecule has 120 valence electrons. The van der Waals surface area contributed by atoms with Crippen LogP contribution < -0.4 is 0 Å². The second kappa shape index (κ2) is 6.86. The Morgan fingerprint density at radius 1 is 1.04 bits per heavy atom. The molecule has 0 bridgehead atoms. The SMILES string of the molecule is CC1C(CO)CCC1C(=O)c1ccc(-c2ccc(Cl)cc2)cc1. The first-order valence-electron chi connectivity index (χ1n) is 8.11. The Balaban J connectivity index is 1.77. The number of aliphatic hydroxyl groups is 1. The van der Waals surface area contributed by atoms with Gasteiger partial charge in [0, 0.05) is 23.1 Å². The van der Waals surface area contributed by atoms with E-state index in [9.17, 15) is 9.90 Å². The average Bonchev–Trinajstić information content (AvgIpc) is 2.96. The summed E-state index contributed by atoms with van der Waals surface area (Å²) < 4.78 is 0. The molecule has 1 aliphatic rings. The van der Waals surface area contributed by atoms with E-state index in [1.54, 1.807) is 0 Å². The highest BCUT2D eigenvalue weighted by molar-refractivity contribution is 6.30. The highest BCUT2D eigenvalue weighted by Crippen LogP contribution is 2.38. The summed E-state index contributed by atoms with van der Waals surface area (Å²) in [5, 5.41) is 10.1. The van der Waals surface area contributed by atoms with E-state index in [-0.39, 0.29) is 30.1 Å². The lowest BCUT2D eigenvalue weighted by Gasteiger charge is -2.18. The Bertz CT molecular complexity index is 676. The molecular formula is C20H21ClO2. The second-order valence-electron chi connectivity index (χ2n) is 6.43. The molecule has 0 radical (unpaired) electrons. The Morgan fingerprint density at radius 2 is 1.61 bits per heavy atom. The zero-order chi connectivity index (χ0) is 16.4. The van der Waals surface area contributed by atoms with E-state index < -0.39 is 0 Å². The fourth-order valence-corrected chi connectivity index (χ4v) is 3.68. The van der Waals surface area contributed by atoms with Gasteiger partial charge in [0.1, 0.15) is 0 Å². The number of ketones is 1. The number of carbonyl (C=O) groups is 1. The Kier molecular flexibility index (Phi) is 4.84. The maximum atomic E-state index is 12.7. The second-order valence-corrected chi connectivity index (χ2v) is 6.87. The molecule has 0 amide bonds. The molecular weight excluding hydrogens is 308 g/mol. The van der Waals surface area contributed by atoms with Crippen molar-refractivity contribution in [3.63, 3.8) is 0 Å². The number of carbonyl (C=O) groups excluding carboxylic acids is 1. The van der Waals surface area contributed by atoms with Crippen LogP contribution >= 0.6 is 11.6 Å². The molecule has 1 fully saturated rings. The first-order chi connectivity index (χ1) is 11.1. The van der Waals surface area contributed by atoms with Crippen molar-refractivity contribution in [3.8, 4) is 11.1 Å². The van der Waals surface area contributed by atoms with Gasteiger partial charge in [0.15, 0.2) is 5.78 Å². The van der Waals surface area contributed by atoms with Gasteiger partial charge in [-0.15, -0.1) is 0 Å². The lowest BCUT2D eigenvalue weighted by molar-refractivity contribution is 0.0875. The van der Waals surface area contributed by atoms with Crippen LogP contribution in [0.25, 0.3) is 11.1 Å². The van der Waals surface area contributed by atoms with Gasteiger partial charge in [-0.2, -0.15) is 0 Å². The van der Waals surface area contributed by atoms with Crippen LogP contribution in [0.15, 0.2) is 48.5 Å². The number of hydrogen-bond acceptors (Lipinski definition) is 2. The van der Waals surface area contributed by atoms with Gasteiger partial charge in [-0.05, 0) is 47.9 Å². The monoisotopic (exact) mass is 328 g/mol. The third-order valence-corrected chi connectivity index (χ3v) is 5.40. The van der Waals surface area contributed by atoms with Crippen molar-refractivity contribution in [2.75, 3.05) is 6.61 Å². The number of halogens is 1. The molecule has 3 unspecified atom stereocenters. The van der Waals surface area contributed by atoms with Crippen LogP contribution in [0.1, 0.15) is 30.1 Å².